The Morgan fingerprint density at radius 2 is 1.70 bits per heavy atom. The zero-order valence-electron chi connectivity index (χ0n) is 28.6. The van der Waals surface area contributed by atoms with Crippen molar-refractivity contribution in [2.75, 3.05) is 39.5 Å². The molecule has 0 radical (unpaired) electrons. The Morgan fingerprint density at radius 3 is 2.38 bits per heavy atom. The molecule has 5 rings (SSSR count). The fraction of sp³-hybridized carbons (Fsp3) is 0.750. The zero-order valence-corrected chi connectivity index (χ0v) is 28.6. The molecule has 0 spiro atoms. The number of hydrazine groups is 1. The summed E-state index contributed by atoms with van der Waals surface area (Å²) in [6.45, 7) is 12.4. The van der Waals surface area contributed by atoms with E-state index < -0.39 is 29.3 Å². The molecule has 1 aromatic rings. The maximum Gasteiger partial charge on any atom is 0.306 e. The van der Waals surface area contributed by atoms with Crippen LogP contribution in [0.3, 0.4) is 0 Å². The highest BCUT2D eigenvalue weighted by Crippen LogP contribution is 2.49. The first-order valence-corrected chi connectivity index (χ1v) is 17.3. The van der Waals surface area contributed by atoms with Gasteiger partial charge in [-0.1, -0.05) is 65.0 Å². The van der Waals surface area contributed by atoms with Gasteiger partial charge >= 0.3 is 11.9 Å². The number of nitrogens with zero attached hydrogens (tertiary/aromatic N) is 1. The first kappa shape index (κ1) is 35.7. The highest BCUT2D eigenvalue weighted by Gasteiger charge is 2.56. The third-order valence-electron chi connectivity index (χ3n) is 10.0. The van der Waals surface area contributed by atoms with Crippen LogP contribution in [0.5, 0.6) is 0 Å². The molecular formula is C36H54N2O9. The Balaban J connectivity index is 1.25. The molecule has 6 unspecified atom stereocenters. The Bertz CT molecular complexity index is 1200. The van der Waals surface area contributed by atoms with Crippen molar-refractivity contribution in [1.82, 2.24) is 10.4 Å². The van der Waals surface area contributed by atoms with E-state index in [4.69, 9.17) is 23.7 Å². The Hall–Kier alpha value is -2.57. The van der Waals surface area contributed by atoms with E-state index in [1.807, 2.05) is 65.0 Å². The maximum absolute atomic E-state index is 13.8. The molecule has 3 saturated heterocycles. The number of aliphatic hydroxyl groups excluding tert-OH is 1. The summed E-state index contributed by atoms with van der Waals surface area (Å²) in [5, 5.41) is 13.4. The van der Waals surface area contributed by atoms with E-state index in [0.717, 1.165) is 12.0 Å². The second kappa shape index (κ2) is 15.8. The van der Waals surface area contributed by atoms with E-state index >= 15 is 0 Å². The fourth-order valence-electron chi connectivity index (χ4n) is 7.54. The summed E-state index contributed by atoms with van der Waals surface area (Å²) in [6.07, 6.45) is 0.367. The van der Waals surface area contributed by atoms with Gasteiger partial charge in [0.25, 0.3) is 0 Å². The summed E-state index contributed by atoms with van der Waals surface area (Å²) in [5.41, 5.74) is 3.49. The molecule has 4 fully saturated rings. The van der Waals surface area contributed by atoms with Gasteiger partial charge in [-0.25, -0.2) is 5.01 Å². The summed E-state index contributed by atoms with van der Waals surface area (Å²) in [7, 11) is 0. The molecule has 4 aliphatic rings. The van der Waals surface area contributed by atoms with Gasteiger partial charge in [-0.2, -0.15) is 0 Å². The molecule has 2 N–H and O–H groups in total. The number of fused-ring (bicyclic) bond motifs is 1. The average molecular weight is 659 g/mol. The molecule has 47 heavy (non-hydrogen) atoms. The third kappa shape index (κ3) is 9.53. The van der Waals surface area contributed by atoms with E-state index in [9.17, 15) is 19.5 Å². The molecule has 0 aromatic heterocycles. The molecule has 2 bridgehead atoms. The summed E-state index contributed by atoms with van der Waals surface area (Å²) in [4.78, 5) is 40.1. The van der Waals surface area contributed by atoms with Crippen molar-refractivity contribution in [3.05, 3.63) is 35.9 Å². The largest absolute Gasteiger partial charge is 0.462 e. The van der Waals surface area contributed by atoms with Crippen LogP contribution in [0.2, 0.25) is 0 Å². The molecule has 11 heteroatoms. The van der Waals surface area contributed by atoms with E-state index in [2.05, 4.69) is 5.43 Å². The number of carbonyl (C=O) groups excluding carboxylic acids is 3. The van der Waals surface area contributed by atoms with E-state index in [-0.39, 0.29) is 73.4 Å². The quantitative estimate of drug-likeness (QED) is 0.213. The van der Waals surface area contributed by atoms with Crippen molar-refractivity contribution >= 4 is 17.8 Å². The highest BCUT2D eigenvalue weighted by atomic mass is 16.7. The van der Waals surface area contributed by atoms with E-state index in [0.29, 0.717) is 45.8 Å². The molecular weight excluding hydrogens is 604 g/mol. The predicted molar refractivity (Wildman–Crippen MR) is 172 cm³/mol. The minimum atomic E-state index is -0.951. The summed E-state index contributed by atoms with van der Waals surface area (Å²) in [6, 6.07) is 9.78. The molecule has 1 aromatic carbocycles. The van der Waals surface area contributed by atoms with Gasteiger partial charge < -0.3 is 28.8 Å². The van der Waals surface area contributed by atoms with Crippen LogP contribution < -0.4 is 5.43 Å². The lowest BCUT2D eigenvalue weighted by atomic mass is 9.78. The SMILES string of the molecule is CC(C)CN(C[C@@H](O)[C@@H](CC(=O)OC1C2COC3OCC1C3C2)Cc1ccccc1)NC(=O)[C@@H](CC(=O)OC1CCOC1)C(C)(C)C. The Labute approximate surface area is 278 Å². The maximum atomic E-state index is 13.8. The summed E-state index contributed by atoms with van der Waals surface area (Å²) >= 11 is 0. The van der Waals surface area contributed by atoms with Crippen LogP contribution in [0.1, 0.15) is 65.9 Å². The zero-order chi connectivity index (χ0) is 33.7. The molecule has 11 nitrogen and oxygen atoms in total. The molecule has 1 aliphatic carbocycles. The Morgan fingerprint density at radius 1 is 0.979 bits per heavy atom. The number of amides is 1. The smallest absolute Gasteiger partial charge is 0.306 e. The van der Waals surface area contributed by atoms with Gasteiger partial charge in [-0.05, 0) is 29.7 Å². The standard InChI is InChI=1S/C36H54N2O9/c1-22(2)17-38(37-34(42)29(36(3,4)5)16-32(41)46-26-11-12-43-20-26)18-30(39)24(13-23-9-7-6-8-10-23)15-31(40)47-33-25-14-27-28(33)21-45-35(27)44-19-25/h6-10,22,24-30,33,35,39H,11-21H2,1-5H3,(H,37,42)/t24-,25?,26?,27?,28?,29-,30-,33?,35?/m1/s1. The number of rotatable bonds is 15. The minimum Gasteiger partial charge on any atom is -0.462 e. The van der Waals surface area contributed by atoms with Crippen molar-refractivity contribution in [2.24, 2.45) is 40.9 Å². The predicted octanol–water partition coefficient (Wildman–Crippen LogP) is 3.52. The molecule has 3 heterocycles. The summed E-state index contributed by atoms with van der Waals surface area (Å²) < 4.78 is 28.6. The van der Waals surface area contributed by atoms with Gasteiger partial charge in [0.1, 0.15) is 12.2 Å². The molecule has 9 atom stereocenters. The van der Waals surface area contributed by atoms with Crippen LogP contribution in [-0.2, 0) is 44.5 Å². The van der Waals surface area contributed by atoms with Crippen molar-refractivity contribution < 1.29 is 43.2 Å². The molecule has 1 amide bonds. The van der Waals surface area contributed by atoms with Crippen molar-refractivity contribution in [3.8, 4) is 0 Å². The van der Waals surface area contributed by atoms with Crippen LogP contribution in [-0.4, -0.2) is 92.1 Å². The second-order valence-corrected chi connectivity index (χ2v) is 15.4. The minimum absolute atomic E-state index is 0.0343. The van der Waals surface area contributed by atoms with Crippen molar-refractivity contribution in [2.45, 2.75) is 91.3 Å². The average Bonchev–Trinajstić information content (AvgIpc) is 3.72. The topological polar surface area (TPSA) is 133 Å². The lowest BCUT2D eigenvalue weighted by molar-refractivity contribution is -0.178. The Kier molecular flexibility index (Phi) is 12.0. The van der Waals surface area contributed by atoms with Gasteiger partial charge in [0.05, 0.1) is 51.3 Å². The summed E-state index contributed by atoms with van der Waals surface area (Å²) in [5.74, 6) is -1.45. The molecule has 3 aliphatic heterocycles. The normalized spacial score (nSPS) is 28.7. The molecule has 262 valence electrons. The van der Waals surface area contributed by atoms with E-state index in [1.54, 1.807) is 5.01 Å². The fourth-order valence-corrected chi connectivity index (χ4v) is 7.54. The van der Waals surface area contributed by atoms with Crippen molar-refractivity contribution in [3.63, 3.8) is 0 Å². The number of esters is 2. The number of ether oxygens (including phenoxy) is 5. The number of hydrogen-bond acceptors (Lipinski definition) is 10. The highest BCUT2D eigenvalue weighted by molar-refractivity contribution is 5.84. The number of hydrogen-bond donors (Lipinski definition) is 2. The lowest BCUT2D eigenvalue weighted by Gasteiger charge is -2.35. The van der Waals surface area contributed by atoms with Crippen LogP contribution in [0.25, 0.3) is 0 Å². The number of aliphatic hydroxyl groups is 1. The van der Waals surface area contributed by atoms with Crippen LogP contribution in [0, 0.1) is 40.9 Å². The van der Waals surface area contributed by atoms with Crippen LogP contribution in [0.4, 0.5) is 0 Å². The van der Waals surface area contributed by atoms with Crippen LogP contribution in [0.15, 0.2) is 30.3 Å². The van der Waals surface area contributed by atoms with Gasteiger partial charge in [0.2, 0.25) is 5.91 Å². The number of benzene rings is 1. The van der Waals surface area contributed by atoms with Gasteiger partial charge in [-0.3, -0.25) is 19.8 Å². The second-order valence-electron chi connectivity index (χ2n) is 15.4. The van der Waals surface area contributed by atoms with Crippen molar-refractivity contribution in [1.29, 1.82) is 0 Å². The van der Waals surface area contributed by atoms with Gasteiger partial charge in [0.15, 0.2) is 6.29 Å². The third-order valence-corrected chi connectivity index (χ3v) is 10.0. The first-order chi connectivity index (χ1) is 22.4. The van der Waals surface area contributed by atoms with E-state index in [1.165, 1.54) is 0 Å². The molecule has 1 saturated carbocycles. The number of nitrogens with one attached hydrogen (secondary N) is 1. The van der Waals surface area contributed by atoms with Crippen LogP contribution >= 0.6 is 0 Å². The van der Waals surface area contributed by atoms with Gasteiger partial charge in [0, 0.05) is 43.2 Å². The van der Waals surface area contributed by atoms with Gasteiger partial charge in [-0.15, -0.1) is 0 Å². The number of carbonyl (C=O) groups is 3. The lowest BCUT2D eigenvalue weighted by Crippen LogP contribution is -2.52. The monoisotopic (exact) mass is 658 g/mol. The first-order valence-electron chi connectivity index (χ1n) is 17.3.